The fourth-order valence-corrected chi connectivity index (χ4v) is 4.95. The third-order valence-electron chi connectivity index (χ3n) is 5.47. The highest BCUT2D eigenvalue weighted by Gasteiger charge is 2.34. The van der Waals surface area contributed by atoms with Crippen molar-refractivity contribution < 1.29 is 0 Å². The van der Waals surface area contributed by atoms with Crippen molar-refractivity contribution in [2.45, 2.75) is 44.1 Å². The maximum absolute atomic E-state index is 4.40. The Morgan fingerprint density at radius 1 is 1.15 bits per heavy atom. The summed E-state index contributed by atoms with van der Waals surface area (Å²) in [4.78, 5) is 5.90. The van der Waals surface area contributed by atoms with Gasteiger partial charge in [0, 0.05) is 30.1 Å². The molecule has 27 heavy (non-hydrogen) atoms. The second-order valence-electron chi connectivity index (χ2n) is 7.14. The van der Waals surface area contributed by atoms with Crippen molar-refractivity contribution in [3.8, 4) is 0 Å². The van der Waals surface area contributed by atoms with E-state index in [1.54, 1.807) is 0 Å². The Balaban J connectivity index is 1.41. The van der Waals surface area contributed by atoms with Crippen molar-refractivity contribution in [2.75, 3.05) is 13.6 Å². The first-order chi connectivity index (χ1) is 13.3. The maximum Gasteiger partial charge on any atom is 0.191 e. The summed E-state index contributed by atoms with van der Waals surface area (Å²) in [5.74, 6) is 1.68. The molecule has 0 bridgehead atoms. The molecular formula is C20H26N6S. The molecule has 3 aromatic rings. The van der Waals surface area contributed by atoms with E-state index in [9.17, 15) is 0 Å². The number of pyridine rings is 1. The highest BCUT2D eigenvalue weighted by atomic mass is 32.1. The van der Waals surface area contributed by atoms with Gasteiger partial charge in [-0.05, 0) is 36.4 Å². The molecule has 1 saturated carbocycles. The van der Waals surface area contributed by atoms with Crippen LogP contribution in [0.15, 0.2) is 46.9 Å². The van der Waals surface area contributed by atoms with Gasteiger partial charge < -0.3 is 10.6 Å². The predicted molar refractivity (Wildman–Crippen MR) is 110 cm³/mol. The van der Waals surface area contributed by atoms with Crippen LogP contribution in [0.25, 0.3) is 5.65 Å². The Morgan fingerprint density at radius 2 is 2.04 bits per heavy atom. The summed E-state index contributed by atoms with van der Waals surface area (Å²) in [7, 11) is 1.82. The van der Waals surface area contributed by atoms with Gasteiger partial charge in [0.05, 0.1) is 6.54 Å². The molecule has 1 fully saturated rings. The highest BCUT2D eigenvalue weighted by Crippen LogP contribution is 2.41. The number of nitrogens with zero attached hydrogens (tertiary/aromatic N) is 4. The molecule has 0 saturated heterocycles. The van der Waals surface area contributed by atoms with Crippen molar-refractivity contribution in [1.82, 2.24) is 25.2 Å². The van der Waals surface area contributed by atoms with E-state index >= 15 is 0 Å². The predicted octanol–water partition coefficient (Wildman–Crippen LogP) is 3.36. The Hall–Kier alpha value is -2.41. The van der Waals surface area contributed by atoms with E-state index in [1.165, 1.54) is 37.0 Å². The number of thiophene rings is 1. The van der Waals surface area contributed by atoms with E-state index in [1.807, 2.05) is 47.2 Å². The summed E-state index contributed by atoms with van der Waals surface area (Å²) < 4.78 is 1.99. The molecule has 3 aromatic heterocycles. The van der Waals surface area contributed by atoms with Gasteiger partial charge in [-0.15, -0.1) is 21.5 Å². The number of hydrogen-bond acceptors (Lipinski definition) is 4. The van der Waals surface area contributed by atoms with Crippen LogP contribution in [0.5, 0.6) is 0 Å². The zero-order valence-electron chi connectivity index (χ0n) is 15.7. The Labute approximate surface area is 163 Å². The van der Waals surface area contributed by atoms with Gasteiger partial charge in [0.2, 0.25) is 0 Å². The first-order valence-corrected chi connectivity index (χ1v) is 10.5. The van der Waals surface area contributed by atoms with E-state index < -0.39 is 0 Å². The van der Waals surface area contributed by atoms with Gasteiger partial charge in [0.15, 0.2) is 17.4 Å². The summed E-state index contributed by atoms with van der Waals surface area (Å²) in [6, 6.07) is 10.4. The first-order valence-electron chi connectivity index (χ1n) is 9.58. The largest absolute Gasteiger partial charge is 0.355 e. The number of aromatic nitrogens is 3. The molecule has 0 atom stereocenters. The zero-order chi connectivity index (χ0) is 18.5. The monoisotopic (exact) mass is 382 g/mol. The molecule has 0 unspecified atom stereocenters. The number of hydrogen-bond donors (Lipinski definition) is 2. The third kappa shape index (κ3) is 3.83. The Bertz CT molecular complexity index is 892. The fraction of sp³-hybridized carbons (Fsp3) is 0.450. The highest BCUT2D eigenvalue weighted by molar-refractivity contribution is 7.10. The summed E-state index contributed by atoms with van der Waals surface area (Å²) in [5, 5.41) is 17.6. The number of aliphatic imine (C=N–C) groups is 1. The second-order valence-corrected chi connectivity index (χ2v) is 8.09. The van der Waals surface area contributed by atoms with Crippen LogP contribution in [0, 0.1) is 0 Å². The van der Waals surface area contributed by atoms with Crippen molar-refractivity contribution in [3.63, 3.8) is 0 Å². The summed E-state index contributed by atoms with van der Waals surface area (Å²) in [6.07, 6.45) is 8.42. The molecule has 4 rings (SSSR count). The van der Waals surface area contributed by atoms with E-state index in [-0.39, 0.29) is 5.41 Å². The standard InChI is InChI=1S/C20H26N6S/c1-21-19(22-14-18-25-24-17-9-3-6-12-26(17)18)23-15-20(10-4-2-5-11-20)16-8-7-13-27-16/h3,6-9,12-13H,2,4-5,10-11,14-15H2,1H3,(H2,21,22,23). The second kappa shape index (κ2) is 8.08. The van der Waals surface area contributed by atoms with E-state index in [0.29, 0.717) is 6.54 Å². The lowest BCUT2D eigenvalue weighted by Gasteiger charge is -2.37. The van der Waals surface area contributed by atoms with Crippen molar-refractivity contribution in [2.24, 2.45) is 4.99 Å². The van der Waals surface area contributed by atoms with Crippen molar-refractivity contribution >= 4 is 22.9 Å². The molecule has 6 nitrogen and oxygen atoms in total. The minimum absolute atomic E-state index is 0.228. The molecule has 1 aliphatic rings. The molecule has 0 spiro atoms. The Morgan fingerprint density at radius 3 is 2.81 bits per heavy atom. The van der Waals surface area contributed by atoms with Gasteiger partial charge in [0.25, 0.3) is 0 Å². The minimum atomic E-state index is 0.228. The summed E-state index contributed by atoms with van der Waals surface area (Å²) >= 11 is 1.88. The summed E-state index contributed by atoms with van der Waals surface area (Å²) in [6.45, 7) is 1.49. The molecule has 0 aromatic carbocycles. The maximum atomic E-state index is 4.40. The Kier molecular flexibility index (Phi) is 5.38. The van der Waals surface area contributed by atoms with Gasteiger partial charge >= 0.3 is 0 Å². The van der Waals surface area contributed by atoms with Gasteiger partial charge in [-0.25, -0.2) is 0 Å². The quantitative estimate of drug-likeness (QED) is 0.525. The van der Waals surface area contributed by atoms with Crippen molar-refractivity contribution in [1.29, 1.82) is 0 Å². The SMILES string of the molecule is CN=C(NCc1nnc2ccccn12)NCC1(c2cccs2)CCCCC1. The normalized spacial score (nSPS) is 17.1. The molecule has 142 valence electrons. The molecule has 2 N–H and O–H groups in total. The van der Waals surface area contributed by atoms with Crippen molar-refractivity contribution in [3.05, 3.63) is 52.6 Å². The molecule has 1 aliphatic carbocycles. The van der Waals surface area contributed by atoms with Crippen LogP contribution in [0.2, 0.25) is 0 Å². The molecular weight excluding hydrogens is 356 g/mol. The average Bonchev–Trinajstić information content (AvgIpc) is 3.40. The van der Waals surface area contributed by atoms with Crippen LogP contribution in [0.3, 0.4) is 0 Å². The van der Waals surface area contributed by atoms with Crippen LogP contribution in [0.1, 0.15) is 42.8 Å². The average molecular weight is 383 g/mol. The minimum Gasteiger partial charge on any atom is -0.355 e. The number of rotatable bonds is 5. The number of nitrogens with one attached hydrogen (secondary N) is 2. The van der Waals surface area contributed by atoms with Crippen LogP contribution in [-0.2, 0) is 12.0 Å². The van der Waals surface area contributed by atoms with Crippen LogP contribution in [-0.4, -0.2) is 34.2 Å². The lowest BCUT2D eigenvalue weighted by atomic mass is 9.73. The first kappa shape index (κ1) is 18.0. The smallest absolute Gasteiger partial charge is 0.191 e. The lowest BCUT2D eigenvalue weighted by molar-refractivity contribution is 0.296. The lowest BCUT2D eigenvalue weighted by Crippen LogP contribution is -2.46. The van der Waals surface area contributed by atoms with Gasteiger partial charge in [-0.1, -0.05) is 31.4 Å². The number of guanidine groups is 1. The molecule has 0 aliphatic heterocycles. The van der Waals surface area contributed by atoms with E-state index in [0.717, 1.165) is 24.0 Å². The fourth-order valence-electron chi connectivity index (χ4n) is 3.97. The number of fused-ring (bicyclic) bond motifs is 1. The van der Waals surface area contributed by atoms with Crippen LogP contribution in [0.4, 0.5) is 0 Å². The molecule has 7 heteroatoms. The van der Waals surface area contributed by atoms with Gasteiger partial charge in [-0.3, -0.25) is 9.39 Å². The third-order valence-corrected chi connectivity index (χ3v) is 6.59. The van der Waals surface area contributed by atoms with Gasteiger partial charge in [-0.2, -0.15) is 0 Å². The van der Waals surface area contributed by atoms with Crippen LogP contribution >= 0.6 is 11.3 Å². The molecule has 0 radical (unpaired) electrons. The van der Waals surface area contributed by atoms with E-state index in [4.69, 9.17) is 0 Å². The zero-order valence-corrected chi connectivity index (χ0v) is 16.5. The summed E-state index contributed by atoms with van der Waals surface area (Å²) in [5.41, 5.74) is 1.09. The topological polar surface area (TPSA) is 66.6 Å². The molecule has 3 heterocycles. The van der Waals surface area contributed by atoms with E-state index in [2.05, 4.69) is 43.3 Å². The van der Waals surface area contributed by atoms with Crippen LogP contribution < -0.4 is 10.6 Å². The van der Waals surface area contributed by atoms with Gasteiger partial charge in [0.1, 0.15) is 0 Å². The molecule has 0 amide bonds.